The van der Waals surface area contributed by atoms with Crippen molar-refractivity contribution >= 4 is 21.5 Å². The van der Waals surface area contributed by atoms with E-state index in [-0.39, 0.29) is 11.0 Å². The fourth-order valence-corrected chi connectivity index (χ4v) is 1.51. The van der Waals surface area contributed by atoms with Crippen molar-refractivity contribution in [3.8, 4) is 0 Å². The van der Waals surface area contributed by atoms with Crippen LogP contribution in [0, 0.1) is 16.0 Å². The second-order valence-electron chi connectivity index (χ2n) is 3.44. The van der Waals surface area contributed by atoms with E-state index in [2.05, 4.69) is 24.1 Å². The summed E-state index contributed by atoms with van der Waals surface area (Å²) in [6.45, 7) is 6.19. The molecule has 1 unspecified atom stereocenters. The van der Waals surface area contributed by atoms with Gasteiger partial charge in [0.2, 0.25) is 0 Å². The first-order valence-electron chi connectivity index (χ1n) is 4.37. The Morgan fingerprint density at radius 1 is 1.57 bits per heavy atom. The van der Waals surface area contributed by atoms with Gasteiger partial charge in [0.1, 0.15) is 6.20 Å². The molecule has 0 fully saturated rings. The normalized spacial score (nSPS) is 12.9. The molecule has 1 atom stereocenters. The molecule has 0 bridgehead atoms. The second kappa shape index (κ2) is 4.36. The van der Waals surface area contributed by atoms with Crippen LogP contribution in [-0.4, -0.2) is 15.9 Å². The van der Waals surface area contributed by atoms with E-state index >= 15 is 0 Å². The van der Waals surface area contributed by atoms with Crippen LogP contribution in [0.1, 0.15) is 20.8 Å². The predicted octanol–water partition coefficient (Wildman–Crippen LogP) is 2.51. The molecular formula is C8H13N3O2S. The minimum absolute atomic E-state index is 0.0726. The van der Waals surface area contributed by atoms with Gasteiger partial charge in [-0.15, -0.1) is 0 Å². The number of anilines is 1. The summed E-state index contributed by atoms with van der Waals surface area (Å²) in [4.78, 5) is 13.9. The largest absolute Gasteiger partial charge is 0.359 e. The van der Waals surface area contributed by atoms with Gasteiger partial charge in [-0.3, -0.25) is 10.1 Å². The molecule has 0 aliphatic rings. The lowest BCUT2D eigenvalue weighted by Gasteiger charge is -2.15. The number of hydrogen-bond donors (Lipinski definition) is 1. The van der Waals surface area contributed by atoms with E-state index in [9.17, 15) is 10.1 Å². The Hall–Kier alpha value is -1.17. The van der Waals surface area contributed by atoms with Gasteiger partial charge in [0.25, 0.3) is 0 Å². The van der Waals surface area contributed by atoms with Gasteiger partial charge in [-0.1, -0.05) is 13.8 Å². The van der Waals surface area contributed by atoms with Gasteiger partial charge in [-0.2, -0.15) is 0 Å². The number of hydrogen-bond acceptors (Lipinski definition) is 5. The van der Waals surface area contributed by atoms with Crippen molar-refractivity contribution in [2.45, 2.75) is 26.8 Å². The molecule has 78 valence electrons. The van der Waals surface area contributed by atoms with Crippen LogP contribution in [0.5, 0.6) is 0 Å². The Labute approximate surface area is 86.3 Å². The third-order valence-corrected chi connectivity index (χ3v) is 2.90. The number of thiazole rings is 1. The zero-order chi connectivity index (χ0) is 10.7. The van der Waals surface area contributed by atoms with Crippen molar-refractivity contribution in [1.82, 2.24) is 4.98 Å². The molecule has 0 aliphatic heterocycles. The summed E-state index contributed by atoms with van der Waals surface area (Å²) in [5.74, 6) is 0.470. The van der Waals surface area contributed by atoms with Crippen LogP contribution in [0.15, 0.2) is 6.20 Å². The lowest BCUT2D eigenvalue weighted by atomic mass is 10.1. The molecule has 0 radical (unpaired) electrons. The topological polar surface area (TPSA) is 68.1 Å². The molecule has 0 aromatic carbocycles. The smallest absolute Gasteiger partial charge is 0.345 e. The number of nitrogens with one attached hydrogen (secondary N) is 1. The first-order chi connectivity index (χ1) is 6.50. The second-order valence-corrected chi connectivity index (χ2v) is 4.45. The summed E-state index contributed by atoms with van der Waals surface area (Å²) in [6.07, 6.45) is 1.28. The molecule has 14 heavy (non-hydrogen) atoms. The molecule has 0 saturated heterocycles. The Morgan fingerprint density at radius 3 is 2.64 bits per heavy atom. The van der Waals surface area contributed by atoms with E-state index in [4.69, 9.17) is 0 Å². The van der Waals surface area contributed by atoms with E-state index in [0.717, 1.165) is 11.3 Å². The highest BCUT2D eigenvalue weighted by Gasteiger charge is 2.14. The quantitative estimate of drug-likeness (QED) is 0.619. The van der Waals surface area contributed by atoms with E-state index in [1.54, 1.807) is 0 Å². The monoisotopic (exact) mass is 215 g/mol. The van der Waals surface area contributed by atoms with Crippen LogP contribution in [0.2, 0.25) is 0 Å². The predicted molar refractivity (Wildman–Crippen MR) is 56.7 cm³/mol. The number of nitro groups is 1. The van der Waals surface area contributed by atoms with Gasteiger partial charge in [-0.25, -0.2) is 4.98 Å². The molecule has 5 nitrogen and oxygen atoms in total. The number of rotatable bonds is 4. The van der Waals surface area contributed by atoms with Crippen molar-refractivity contribution < 1.29 is 4.92 Å². The third-order valence-electron chi connectivity index (χ3n) is 2.02. The maximum atomic E-state index is 10.4. The van der Waals surface area contributed by atoms with Crippen molar-refractivity contribution in [2.75, 3.05) is 5.32 Å². The minimum atomic E-state index is -0.428. The molecule has 0 spiro atoms. The summed E-state index contributed by atoms with van der Waals surface area (Å²) in [5.41, 5.74) is 0. The summed E-state index contributed by atoms with van der Waals surface area (Å²) < 4.78 is 0. The zero-order valence-corrected chi connectivity index (χ0v) is 9.17. The fraction of sp³-hybridized carbons (Fsp3) is 0.625. The average molecular weight is 215 g/mol. The molecule has 6 heteroatoms. The lowest BCUT2D eigenvalue weighted by Crippen LogP contribution is -2.21. The summed E-state index contributed by atoms with van der Waals surface area (Å²) in [5, 5.41) is 14.2. The Morgan fingerprint density at radius 2 is 2.21 bits per heavy atom. The summed E-state index contributed by atoms with van der Waals surface area (Å²) >= 11 is 1.07. The van der Waals surface area contributed by atoms with E-state index in [1.165, 1.54) is 6.20 Å². The number of aromatic nitrogens is 1. The van der Waals surface area contributed by atoms with Crippen LogP contribution >= 0.6 is 11.3 Å². The molecule has 1 rings (SSSR count). The highest BCUT2D eigenvalue weighted by molar-refractivity contribution is 7.18. The van der Waals surface area contributed by atoms with Crippen molar-refractivity contribution in [2.24, 2.45) is 5.92 Å². The van der Waals surface area contributed by atoms with Gasteiger partial charge < -0.3 is 5.32 Å². The van der Waals surface area contributed by atoms with Crippen molar-refractivity contribution in [3.63, 3.8) is 0 Å². The molecule has 1 aromatic rings. The molecule has 0 aliphatic carbocycles. The first-order valence-corrected chi connectivity index (χ1v) is 5.19. The van der Waals surface area contributed by atoms with E-state index in [0.29, 0.717) is 11.0 Å². The van der Waals surface area contributed by atoms with Gasteiger partial charge in [0, 0.05) is 6.04 Å². The molecule has 0 amide bonds. The Bertz CT molecular complexity index is 324. The highest BCUT2D eigenvalue weighted by Crippen LogP contribution is 2.26. The van der Waals surface area contributed by atoms with Crippen LogP contribution in [0.25, 0.3) is 0 Å². The van der Waals surface area contributed by atoms with Gasteiger partial charge >= 0.3 is 5.00 Å². The van der Waals surface area contributed by atoms with Gasteiger partial charge in [0.05, 0.1) is 4.92 Å². The maximum absolute atomic E-state index is 10.4. The highest BCUT2D eigenvalue weighted by atomic mass is 32.1. The Kier molecular flexibility index (Phi) is 3.40. The SMILES string of the molecule is CC(C)C(C)Nc1ncc([N+](=O)[O-])s1. The van der Waals surface area contributed by atoms with Crippen LogP contribution in [0.3, 0.4) is 0 Å². The fourth-order valence-electron chi connectivity index (χ4n) is 0.778. The van der Waals surface area contributed by atoms with E-state index in [1.807, 2.05) is 6.92 Å². The third kappa shape index (κ3) is 2.66. The van der Waals surface area contributed by atoms with Gasteiger partial charge in [0.15, 0.2) is 5.13 Å². The molecule has 0 saturated carbocycles. The summed E-state index contributed by atoms with van der Waals surface area (Å²) in [7, 11) is 0. The molecular weight excluding hydrogens is 202 g/mol. The van der Waals surface area contributed by atoms with E-state index < -0.39 is 4.92 Å². The van der Waals surface area contributed by atoms with Crippen LogP contribution in [0.4, 0.5) is 10.1 Å². The van der Waals surface area contributed by atoms with Crippen molar-refractivity contribution in [3.05, 3.63) is 16.3 Å². The van der Waals surface area contributed by atoms with Crippen LogP contribution in [-0.2, 0) is 0 Å². The Balaban J connectivity index is 2.64. The summed E-state index contributed by atoms with van der Waals surface area (Å²) in [6, 6.07) is 0.265. The molecule has 1 N–H and O–H groups in total. The standard InChI is InChI=1S/C8H13N3O2S/c1-5(2)6(3)10-8-9-4-7(14-8)11(12)13/h4-6H,1-3H3,(H,9,10). The number of nitrogens with zero attached hydrogens (tertiary/aromatic N) is 2. The minimum Gasteiger partial charge on any atom is -0.359 e. The lowest BCUT2D eigenvalue weighted by molar-refractivity contribution is -0.380. The zero-order valence-electron chi connectivity index (χ0n) is 8.35. The molecule has 1 heterocycles. The average Bonchev–Trinajstić information content (AvgIpc) is 2.52. The van der Waals surface area contributed by atoms with Crippen LogP contribution < -0.4 is 5.32 Å². The van der Waals surface area contributed by atoms with Gasteiger partial charge in [-0.05, 0) is 24.2 Å². The molecule has 1 aromatic heterocycles. The van der Waals surface area contributed by atoms with Crippen molar-refractivity contribution in [1.29, 1.82) is 0 Å². The first kappa shape index (κ1) is 10.9. The maximum Gasteiger partial charge on any atom is 0.345 e.